The molecular weight excluding hydrogens is 238 g/mol. The number of hydrogen-bond acceptors (Lipinski definition) is 3. The van der Waals surface area contributed by atoms with E-state index in [4.69, 9.17) is 5.73 Å². The zero-order valence-corrected chi connectivity index (χ0v) is 11.4. The van der Waals surface area contributed by atoms with Gasteiger partial charge in [0.25, 0.3) is 5.91 Å². The van der Waals surface area contributed by atoms with E-state index in [-0.39, 0.29) is 5.91 Å². The lowest BCUT2D eigenvalue weighted by atomic mass is 9.85. The molecule has 2 aliphatic rings. The Morgan fingerprint density at radius 3 is 2.95 bits per heavy atom. The van der Waals surface area contributed by atoms with E-state index in [0.717, 1.165) is 25.1 Å². The molecular formula is C15H21N3O. The van der Waals surface area contributed by atoms with Crippen LogP contribution in [0.3, 0.4) is 0 Å². The van der Waals surface area contributed by atoms with E-state index in [1.54, 1.807) is 12.3 Å². The molecule has 4 nitrogen and oxygen atoms in total. The maximum atomic E-state index is 12.6. The van der Waals surface area contributed by atoms with E-state index in [1.165, 1.54) is 19.3 Å². The van der Waals surface area contributed by atoms with Gasteiger partial charge in [0.05, 0.1) is 5.56 Å². The van der Waals surface area contributed by atoms with Crippen molar-refractivity contribution >= 4 is 11.6 Å². The van der Waals surface area contributed by atoms with Crippen molar-refractivity contribution in [2.45, 2.75) is 45.1 Å². The second kappa shape index (κ2) is 4.83. The third-order valence-corrected chi connectivity index (χ3v) is 4.57. The van der Waals surface area contributed by atoms with Gasteiger partial charge in [0.15, 0.2) is 0 Å². The predicted octanol–water partition coefficient (Wildman–Crippen LogP) is 2.38. The number of fused-ring (bicyclic) bond motifs is 1. The molecule has 102 valence electrons. The van der Waals surface area contributed by atoms with Gasteiger partial charge in [-0.1, -0.05) is 12.8 Å². The summed E-state index contributed by atoms with van der Waals surface area (Å²) in [4.78, 5) is 18.9. The van der Waals surface area contributed by atoms with Crippen LogP contribution in [0.25, 0.3) is 0 Å². The number of carbonyl (C=O) groups is 1. The van der Waals surface area contributed by atoms with Crippen LogP contribution in [0.5, 0.6) is 0 Å². The molecule has 1 aromatic rings. The Kier molecular flexibility index (Phi) is 3.17. The summed E-state index contributed by atoms with van der Waals surface area (Å²) in [7, 11) is 0. The van der Waals surface area contributed by atoms with E-state index in [1.807, 2.05) is 11.8 Å². The predicted molar refractivity (Wildman–Crippen MR) is 74.8 cm³/mol. The molecule has 2 unspecified atom stereocenters. The first-order valence-corrected chi connectivity index (χ1v) is 7.20. The third-order valence-electron chi connectivity index (χ3n) is 4.57. The summed E-state index contributed by atoms with van der Waals surface area (Å²) >= 11 is 0. The summed E-state index contributed by atoms with van der Waals surface area (Å²) in [5.41, 5.74) is 7.94. The zero-order chi connectivity index (χ0) is 13.4. The van der Waals surface area contributed by atoms with Gasteiger partial charge in [-0.2, -0.15) is 0 Å². The van der Waals surface area contributed by atoms with Gasteiger partial charge in [0, 0.05) is 30.2 Å². The molecule has 2 fully saturated rings. The molecule has 0 aromatic carbocycles. The second-order valence-electron chi connectivity index (χ2n) is 5.81. The van der Waals surface area contributed by atoms with Crippen LogP contribution in [-0.2, 0) is 0 Å². The number of amides is 1. The van der Waals surface area contributed by atoms with Crippen molar-refractivity contribution < 1.29 is 4.79 Å². The quantitative estimate of drug-likeness (QED) is 0.842. The van der Waals surface area contributed by atoms with Crippen LogP contribution in [-0.4, -0.2) is 28.4 Å². The van der Waals surface area contributed by atoms with E-state index in [0.29, 0.717) is 23.2 Å². The monoisotopic (exact) mass is 259 g/mol. The first kappa shape index (κ1) is 12.5. The maximum absolute atomic E-state index is 12.6. The smallest absolute Gasteiger partial charge is 0.257 e. The number of carbonyl (C=O) groups excluding carboxylic acids is 1. The van der Waals surface area contributed by atoms with Crippen LogP contribution < -0.4 is 5.73 Å². The molecule has 2 heterocycles. The number of anilines is 1. The fraction of sp³-hybridized carbons (Fsp3) is 0.600. The van der Waals surface area contributed by atoms with Gasteiger partial charge in [-0.15, -0.1) is 0 Å². The fourth-order valence-corrected chi connectivity index (χ4v) is 3.57. The number of nitrogens with zero attached hydrogens (tertiary/aromatic N) is 2. The molecule has 1 amide bonds. The minimum absolute atomic E-state index is 0.0689. The van der Waals surface area contributed by atoms with Crippen molar-refractivity contribution in [1.82, 2.24) is 9.88 Å². The molecule has 0 spiro atoms. The van der Waals surface area contributed by atoms with E-state index < -0.39 is 0 Å². The summed E-state index contributed by atoms with van der Waals surface area (Å²) in [5, 5.41) is 0. The summed E-state index contributed by atoms with van der Waals surface area (Å²) in [6, 6.07) is 2.21. The average Bonchev–Trinajstić information content (AvgIpc) is 2.82. The van der Waals surface area contributed by atoms with Gasteiger partial charge in [-0.3, -0.25) is 9.78 Å². The highest BCUT2D eigenvalue weighted by Gasteiger charge is 2.38. The van der Waals surface area contributed by atoms with Gasteiger partial charge < -0.3 is 10.6 Å². The first-order chi connectivity index (χ1) is 9.16. The van der Waals surface area contributed by atoms with Crippen molar-refractivity contribution in [3.63, 3.8) is 0 Å². The number of hydrogen-bond donors (Lipinski definition) is 1. The molecule has 19 heavy (non-hydrogen) atoms. The van der Waals surface area contributed by atoms with Crippen molar-refractivity contribution in [3.05, 3.63) is 23.5 Å². The molecule has 3 rings (SSSR count). The van der Waals surface area contributed by atoms with Gasteiger partial charge in [-0.05, 0) is 38.2 Å². The van der Waals surface area contributed by atoms with Crippen LogP contribution in [0, 0.1) is 12.8 Å². The first-order valence-electron chi connectivity index (χ1n) is 7.20. The minimum atomic E-state index is 0.0689. The van der Waals surface area contributed by atoms with Crippen LogP contribution >= 0.6 is 0 Å². The van der Waals surface area contributed by atoms with Gasteiger partial charge in [-0.25, -0.2) is 0 Å². The average molecular weight is 259 g/mol. The Bertz CT molecular complexity index is 500. The number of nitrogens with two attached hydrogens (primary N) is 1. The molecule has 0 bridgehead atoms. The SMILES string of the molecule is Cc1cc(N)c(C(=O)N2CCC3CCCCC32)cn1. The summed E-state index contributed by atoms with van der Waals surface area (Å²) in [6.07, 6.45) is 7.76. The second-order valence-corrected chi connectivity index (χ2v) is 5.81. The highest BCUT2D eigenvalue weighted by Crippen LogP contribution is 2.37. The van der Waals surface area contributed by atoms with Crippen molar-refractivity contribution in [2.24, 2.45) is 5.92 Å². The zero-order valence-electron chi connectivity index (χ0n) is 11.4. The summed E-state index contributed by atoms with van der Waals surface area (Å²) < 4.78 is 0. The number of aromatic nitrogens is 1. The Morgan fingerprint density at radius 2 is 2.16 bits per heavy atom. The normalized spacial score (nSPS) is 26.3. The molecule has 1 aliphatic heterocycles. The largest absolute Gasteiger partial charge is 0.398 e. The van der Waals surface area contributed by atoms with Crippen molar-refractivity contribution in [1.29, 1.82) is 0 Å². The minimum Gasteiger partial charge on any atom is -0.398 e. The molecule has 0 radical (unpaired) electrons. The van der Waals surface area contributed by atoms with Crippen LogP contribution in [0.1, 0.15) is 48.2 Å². The van der Waals surface area contributed by atoms with Crippen LogP contribution in [0.2, 0.25) is 0 Å². The lowest BCUT2D eigenvalue weighted by molar-refractivity contribution is 0.0691. The molecule has 2 atom stereocenters. The Balaban J connectivity index is 1.83. The highest BCUT2D eigenvalue weighted by atomic mass is 16.2. The molecule has 1 aromatic heterocycles. The van der Waals surface area contributed by atoms with Gasteiger partial charge in [0.2, 0.25) is 0 Å². The van der Waals surface area contributed by atoms with E-state index in [2.05, 4.69) is 4.98 Å². The van der Waals surface area contributed by atoms with Crippen LogP contribution in [0.4, 0.5) is 5.69 Å². The summed E-state index contributed by atoms with van der Waals surface area (Å²) in [6.45, 7) is 2.76. The van der Waals surface area contributed by atoms with Crippen molar-refractivity contribution in [2.75, 3.05) is 12.3 Å². The summed E-state index contributed by atoms with van der Waals surface area (Å²) in [5.74, 6) is 0.775. The lowest BCUT2D eigenvalue weighted by Gasteiger charge is -2.31. The Labute approximate surface area is 114 Å². The molecule has 1 saturated carbocycles. The third kappa shape index (κ3) is 2.20. The van der Waals surface area contributed by atoms with Crippen LogP contribution in [0.15, 0.2) is 12.3 Å². The number of likely N-dealkylation sites (tertiary alicyclic amines) is 1. The number of aryl methyl sites for hydroxylation is 1. The maximum Gasteiger partial charge on any atom is 0.257 e. The van der Waals surface area contributed by atoms with Gasteiger partial charge >= 0.3 is 0 Å². The molecule has 1 saturated heterocycles. The molecule has 2 N–H and O–H groups in total. The molecule has 4 heteroatoms. The van der Waals surface area contributed by atoms with Gasteiger partial charge in [0.1, 0.15) is 0 Å². The number of nitrogen functional groups attached to an aromatic ring is 1. The lowest BCUT2D eigenvalue weighted by Crippen LogP contribution is -2.39. The Hall–Kier alpha value is -1.58. The van der Waals surface area contributed by atoms with Crippen molar-refractivity contribution in [3.8, 4) is 0 Å². The standard InChI is InChI=1S/C15H21N3O/c1-10-8-13(16)12(9-17-10)15(19)18-7-6-11-4-2-3-5-14(11)18/h8-9,11,14H,2-7H2,1H3,(H2,16,17). The number of pyridine rings is 1. The van der Waals surface area contributed by atoms with E-state index >= 15 is 0 Å². The fourth-order valence-electron chi connectivity index (χ4n) is 3.57. The Morgan fingerprint density at radius 1 is 1.37 bits per heavy atom. The topological polar surface area (TPSA) is 59.2 Å². The van der Waals surface area contributed by atoms with E-state index in [9.17, 15) is 4.79 Å². The highest BCUT2D eigenvalue weighted by molar-refractivity contribution is 5.99. The number of rotatable bonds is 1. The molecule has 1 aliphatic carbocycles.